The molecule has 1 aromatic carbocycles. The number of pyridine rings is 1. The standard InChI is InChI=1S/C19H21BrN2O4/c1-24-11-12-26-18-16(3-2-8-21-18)19(23)22-9-10-25-17(13-22)14-4-6-15(20)7-5-14/h2-8,17H,9-13H2,1H3. The van der Waals surface area contributed by atoms with Crippen LogP contribution in [0.1, 0.15) is 22.0 Å². The van der Waals surface area contributed by atoms with Crippen molar-refractivity contribution in [2.75, 3.05) is 40.0 Å². The first-order valence-corrected chi connectivity index (χ1v) is 9.21. The zero-order valence-electron chi connectivity index (χ0n) is 14.6. The number of hydrogen-bond acceptors (Lipinski definition) is 5. The molecule has 3 rings (SSSR count). The number of carbonyl (C=O) groups excluding carboxylic acids is 1. The van der Waals surface area contributed by atoms with Gasteiger partial charge >= 0.3 is 0 Å². The Labute approximate surface area is 161 Å². The number of halogens is 1. The fraction of sp³-hybridized carbons (Fsp3) is 0.368. The van der Waals surface area contributed by atoms with Crippen LogP contribution in [0.25, 0.3) is 0 Å². The smallest absolute Gasteiger partial charge is 0.259 e. The van der Waals surface area contributed by atoms with Gasteiger partial charge < -0.3 is 19.1 Å². The number of nitrogens with zero attached hydrogens (tertiary/aromatic N) is 2. The van der Waals surface area contributed by atoms with Crippen molar-refractivity contribution < 1.29 is 19.0 Å². The van der Waals surface area contributed by atoms with E-state index in [0.29, 0.717) is 44.4 Å². The molecule has 1 saturated heterocycles. The van der Waals surface area contributed by atoms with E-state index in [1.54, 1.807) is 30.3 Å². The average Bonchev–Trinajstić information content (AvgIpc) is 2.69. The Kier molecular flexibility index (Phi) is 6.60. The fourth-order valence-electron chi connectivity index (χ4n) is 2.77. The van der Waals surface area contributed by atoms with E-state index >= 15 is 0 Å². The zero-order valence-corrected chi connectivity index (χ0v) is 16.1. The van der Waals surface area contributed by atoms with Crippen molar-refractivity contribution in [3.05, 3.63) is 58.2 Å². The van der Waals surface area contributed by atoms with Gasteiger partial charge in [0, 0.05) is 24.3 Å². The van der Waals surface area contributed by atoms with E-state index in [1.807, 2.05) is 24.3 Å². The number of aromatic nitrogens is 1. The highest BCUT2D eigenvalue weighted by Crippen LogP contribution is 2.26. The Morgan fingerprint density at radius 1 is 1.31 bits per heavy atom. The van der Waals surface area contributed by atoms with E-state index < -0.39 is 0 Å². The summed E-state index contributed by atoms with van der Waals surface area (Å²) in [5.74, 6) is 0.233. The Balaban J connectivity index is 1.72. The van der Waals surface area contributed by atoms with Crippen molar-refractivity contribution in [3.63, 3.8) is 0 Å². The van der Waals surface area contributed by atoms with Crippen molar-refractivity contribution >= 4 is 21.8 Å². The molecule has 1 aromatic heterocycles. The maximum Gasteiger partial charge on any atom is 0.259 e. The largest absolute Gasteiger partial charge is 0.475 e. The summed E-state index contributed by atoms with van der Waals surface area (Å²) in [5, 5.41) is 0. The molecule has 6 nitrogen and oxygen atoms in total. The monoisotopic (exact) mass is 420 g/mol. The van der Waals surface area contributed by atoms with Gasteiger partial charge in [0.1, 0.15) is 18.3 Å². The predicted molar refractivity (Wildman–Crippen MR) is 100 cm³/mol. The van der Waals surface area contributed by atoms with Gasteiger partial charge in [-0.15, -0.1) is 0 Å². The number of rotatable bonds is 6. The summed E-state index contributed by atoms with van der Waals surface area (Å²) >= 11 is 3.43. The number of morpholine rings is 1. The number of benzene rings is 1. The molecule has 1 unspecified atom stereocenters. The summed E-state index contributed by atoms with van der Waals surface area (Å²) < 4.78 is 17.4. The van der Waals surface area contributed by atoms with Crippen LogP contribution < -0.4 is 4.74 Å². The van der Waals surface area contributed by atoms with Crippen LogP contribution >= 0.6 is 15.9 Å². The van der Waals surface area contributed by atoms with Crippen LogP contribution in [0.2, 0.25) is 0 Å². The summed E-state index contributed by atoms with van der Waals surface area (Å²) in [5.41, 5.74) is 1.51. The molecule has 0 bridgehead atoms. The Bertz CT molecular complexity index is 739. The maximum absolute atomic E-state index is 13.0. The minimum atomic E-state index is -0.143. The lowest BCUT2D eigenvalue weighted by molar-refractivity contribution is -0.0229. The molecule has 0 radical (unpaired) electrons. The molecule has 7 heteroatoms. The molecule has 1 aliphatic heterocycles. The summed E-state index contributed by atoms with van der Waals surface area (Å²) in [6, 6.07) is 11.4. The molecule has 26 heavy (non-hydrogen) atoms. The molecule has 1 fully saturated rings. The first-order chi connectivity index (χ1) is 12.7. The lowest BCUT2D eigenvalue weighted by atomic mass is 10.1. The topological polar surface area (TPSA) is 60.9 Å². The van der Waals surface area contributed by atoms with Crippen LogP contribution in [-0.4, -0.2) is 55.8 Å². The normalized spacial score (nSPS) is 17.2. The van der Waals surface area contributed by atoms with Gasteiger partial charge in [-0.25, -0.2) is 4.98 Å². The van der Waals surface area contributed by atoms with Crippen molar-refractivity contribution in [1.82, 2.24) is 9.88 Å². The second-order valence-electron chi connectivity index (χ2n) is 5.86. The number of carbonyl (C=O) groups is 1. The Hall–Kier alpha value is -1.96. The molecular formula is C19H21BrN2O4. The molecule has 0 spiro atoms. The van der Waals surface area contributed by atoms with Gasteiger partial charge in [-0.1, -0.05) is 28.1 Å². The Morgan fingerprint density at radius 3 is 2.88 bits per heavy atom. The molecule has 0 N–H and O–H groups in total. The number of amides is 1. The highest BCUT2D eigenvalue weighted by molar-refractivity contribution is 9.10. The summed E-state index contributed by atoms with van der Waals surface area (Å²) in [6.45, 7) is 2.31. The number of hydrogen-bond donors (Lipinski definition) is 0. The lowest BCUT2D eigenvalue weighted by Gasteiger charge is -2.33. The summed E-state index contributed by atoms with van der Waals surface area (Å²) in [6.07, 6.45) is 1.47. The van der Waals surface area contributed by atoms with Gasteiger partial charge in [-0.2, -0.15) is 0 Å². The molecule has 2 heterocycles. The maximum atomic E-state index is 13.0. The minimum absolute atomic E-state index is 0.101. The van der Waals surface area contributed by atoms with E-state index in [9.17, 15) is 4.79 Å². The quantitative estimate of drug-likeness (QED) is 0.671. The third kappa shape index (κ3) is 4.60. The highest BCUT2D eigenvalue weighted by Gasteiger charge is 2.28. The van der Waals surface area contributed by atoms with Crippen LogP contribution in [0.3, 0.4) is 0 Å². The van der Waals surface area contributed by atoms with Crippen LogP contribution in [0.15, 0.2) is 47.1 Å². The van der Waals surface area contributed by atoms with Crippen LogP contribution in [0.5, 0.6) is 5.88 Å². The first-order valence-electron chi connectivity index (χ1n) is 8.42. The van der Waals surface area contributed by atoms with E-state index in [1.165, 1.54) is 0 Å². The molecule has 2 aromatic rings. The molecule has 1 aliphatic rings. The van der Waals surface area contributed by atoms with Crippen LogP contribution in [0, 0.1) is 0 Å². The Morgan fingerprint density at radius 2 is 2.12 bits per heavy atom. The van der Waals surface area contributed by atoms with Crippen LogP contribution in [0.4, 0.5) is 0 Å². The minimum Gasteiger partial charge on any atom is -0.475 e. The second-order valence-corrected chi connectivity index (χ2v) is 6.78. The number of methoxy groups -OCH3 is 1. The summed E-state index contributed by atoms with van der Waals surface area (Å²) in [4.78, 5) is 19.0. The van der Waals surface area contributed by atoms with E-state index in [0.717, 1.165) is 10.0 Å². The van der Waals surface area contributed by atoms with Gasteiger partial charge in [0.25, 0.3) is 5.91 Å². The van der Waals surface area contributed by atoms with Gasteiger partial charge in [0.2, 0.25) is 5.88 Å². The SMILES string of the molecule is COCCOc1ncccc1C(=O)N1CCOC(c2ccc(Br)cc2)C1. The van der Waals surface area contributed by atoms with Crippen molar-refractivity contribution in [2.45, 2.75) is 6.10 Å². The van der Waals surface area contributed by atoms with E-state index in [-0.39, 0.29) is 12.0 Å². The molecule has 138 valence electrons. The highest BCUT2D eigenvalue weighted by atomic mass is 79.9. The first kappa shape index (κ1) is 18.8. The predicted octanol–water partition coefficient (Wildman–Crippen LogP) is 3.08. The molecule has 0 saturated carbocycles. The number of ether oxygens (including phenoxy) is 3. The van der Waals surface area contributed by atoms with Gasteiger partial charge in [-0.05, 0) is 29.8 Å². The molecule has 0 aliphatic carbocycles. The van der Waals surface area contributed by atoms with E-state index in [2.05, 4.69) is 20.9 Å². The molecular weight excluding hydrogens is 400 g/mol. The van der Waals surface area contributed by atoms with Gasteiger partial charge in [0.05, 0.1) is 19.8 Å². The fourth-order valence-corrected chi connectivity index (χ4v) is 3.04. The van der Waals surface area contributed by atoms with Gasteiger partial charge in [-0.3, -0.25) is 4.79 Å². The van der Waals surface area contributed by atoms with Crippen molar-refractivity contribution in [3.8, 4) is 5.88 Å². The molecule has 1 atom stereocenters. The van der Waals surface area contributed by atoms with Crippen LogP contribution in [-0.2, 0) is 9.47 Å². The van der Waals surface area contributed by atoms with Crippen molar-refractivity contribution in [1.29, 1.82) is 0 Å². The zero-order chi connectivity index (χ0) is 18.4. The van der Waals surface area contributed by atoms with Crippen molar-refractivity contribution in [2.24, 2.45) is 0 Å². The third-order valence-corrected chi connectivity index (χ3v) is 4.65. The van der Waals surface area contributed by atoms with Gasteiger partial charge in [0.15, 0.2) is 0 Å². The molecule has 1 amide bonds. The summed E-state index contributed by atoms with van der Waals surface area (Å²) in [7, 11) is 1.60. The van der Waals surface area contributed by atoms with E-state index in [4.69, 9.17) is 14.2 Å². The second kappa shape index (κ2) is 9.12. The average molecular weight is 421 g/mol. The third-order valence-electron chi connectivity index (χ3n) is 4.12. The lowest BCUT2D eigenvalue weighted by Crippen LogP contribution is -2.42.